The number of H-pyrrole nitrogens is 2. The Morgan fingerprint density at radius 3 is 2.06 bits per heavy atom. The molecule has 2 aliphatic heterocycles. The second kappa shape index (κ2) is 9.22. The average molecular weight is 457 g/mol. The Morgan fingerprint density at radius 2 is 1.29 bits per heavy atom. The summed E-state index contributed by atoms with van der Waals surface area (Å²) >= 11 is 0. The predicted octanol–water partition coefficient (Wildman–Crippen LogP) is 8.06. The van der Waals surface area contributed by atoms with Crippen molar-refractivity contribution in [1.82, 2.24) is 19.9 Å². The highest BCUT2D eigenvalue weighted by Crippen LogP contribution is 2.31. The number of nitrogens with one attached hydrogen (secondary N) is 2. The molecule has 1 aromatic carbocycles. The largest absolute Gasteiger partial charge is 0.355 e. The average Bonchev–Trinajstić information content (AvgIpc) is 3.65. The zero-order valence-electron chi connectivity index (χ0n) is 19.9. The van der Waals surface area contributed by atoms with Crippen LogP contribution >= 0.6 is 0 Å². The standard InChI is InChI=1S/C31H28N4/c1-2-3-4-7-21-8-5-6-9-29(21)30-19-28-18-26-13-12-24(33-26)16-22-10-11-23(32-22)17-25-14-15-27(34-25)20-31(30)35-28/h5-6,8-20,33,35H,2-4,7H2,1H3. The van der Waals surface area contributed by atoms with Gasteiger partial charge in [0.2, 0.25) is 0 Å². The molecule has 0 fully saturated rings. The Morgan fingerprint density at radius 1 is 0.600 bits per heavy atom. The van der Waals surface area contributed by atoms with Gasteiger partial charge in [0.15, 0.2) is 0 Å². The molecule has 0 saturated heterocycles. The Kier molecular flexibility index (Phi) is 5.63. The molecule has 5 heterocycles. The van der Waals surface area contributed by atoms with Gasteiger partial charge in [-0.05, 0) is 90.7 Å². The molecule has 4 aromatic rings. The number of fused-ring (bicyclic) bond motifs is 8. The van der Waals surface area contributed by atoms with Gasteiger partial charge in [-0.25, -0.2) is 9.97 Å². The van der Waals surface area contributed by atoms with Crippen LogP contribution in [0.2, 0.25) is 0 Å². The third kappa shape index (κ3) is 4.60. The van der Waals surface area contributed by atoms with E-state index in [9.17, 15) is 0 Å². The van der Waals surface area contributed by atoms with Crippen molar-refractivity contribution < 1.29 is 0 Å². The molecule has 0 unspecified atom stereocenters. The molecule has 2 N–H and O–H groups in total. The van der Waals surface area contributed by atoms with Crippen LogP contribution in [0.25, 0.3) is 57.5 Å². The fraction of sp³-hybridized carbons (Fsp3) is 0.161. The molecule has 0 atom stereocenters. The highest BCUT2D eigenvalue weighted by atomic mass is 14.8. The van der Waals surface area contributed by atoms with Crippen molar-refractivity contribution >= 4 is 46.4 Å². The number of unbranched alkanes of at least 4 members (excludes halogenated alkanes) is 2. The Balaban J connectivity index is 1.59. The molecule has 0 amide bonds. The molecule has 2 aliphatic rings. The van der Waals surface area contributed by atoms with Crippen LogP contribution in [0.1, 0.15) is 54.5 Å². The van der Waals surface area contributed by atoms with E-state index in [-0.39, 0.29) is 0 Å². The second-order valence-corrected chi connectivity index (χ2v) is 9.20. The van der Waals surface area contributed by atoms with Gasteiger partial charge in [0, 0.05) is 27.6 Å². The fourth-order valence-corrected chi connectivity index (χ4v) is 4.81. The van der Waals surface area contributed by atoms with Gasteiger partial charge in [0.25, 0.3) is 0 Å². The normalized spacial score (nSPS) is 12.4. The van der Waals surface area contributed by atoms with Gasteiger partial charge in [-0.3, -0.25) is 0 Å². The third-order valence-corrected chi connectivity index (χ3v) is 6.53. The van der Waals surface area contributed by atoms with Crippen LogP contribution in [0.4, 0.5) is 0 Å². The van der Waals surface area contributed by atoms with Crippen molar-refractivity contribution in [2.24, 2.45) is 0 Å². The Labute approximate surface area is 205 Å². The molecule has 6 rings (SSSR count). The first-order chi connectivity index (χ1) is 17.2. The molecular weight excluding hydrogens is 428 g/mol. The van der Waals surface area contributed by atoms with E-state index in [1.165, 1.54) is 36.0 Å². The molecule has 0 aliphatic carbocycles. The van der Waals surface area contributed by atoms with Gasteiger partial charge in [-0.1, -0.05) is 44.0 Å². The lowest BCUT2D eigenvalue weighted by Crippen LogP contribution is -1.90. The van der Waals surface area contributed by atoms with Crippen LogP contribution in [-0.2, 0) is 6.42 Å². The number of nitrogens with zero attached hydrogens (tertiary/aromatic N) is 2. The lowest BCUT2D eigenvalue weighted by Gasteiger charge is -2.08. The van der Waals surface area contributed by atoms with E-state index in [2.05, 4.69) is 83.6 Å². The number of rotatable bonds is 5. The van der Waals surface area contributed by atoms with Crippen LogP contribution in [0, 0.1) is 0 Å². The van der Waals surface area contributed by atoms with E-state index in [0.29, 0.717) is 0 Å². The number of hydrogen-bond donors (Lipinski definition) is 2. The lowest BCUT2D eigenvalue weighted by molar-refractivity contribution is 0.718. The number of benzene rings is 1. The van der Waals surface area contributed by atoms with Crippen LogP contribution in [0.5, 0.6) is 0 Å². The summed E-state index contributed by atoms with van der Waals surface area (Å²) in [5.41, 5.74) is 11.8. The summed E-state index contributed by atoms with van der Waals surface area (Å²) in [6, 6.07) is 23.6. The van der Waals surface area contributed by atoms with E-state index in [0.717, 1.165) is 51.3 Å². The van der Waals surface area contributed by atoms with Crippen LogP contribution in [0.15, 0.2) is 66.7 Å². The van der Waals surface area contributed by atoms with Crippen LogP contribution in [0.3, 0.4) is 0 Å². The summed E-state index contributed by atoms with van der Waals surface area (Å²) < 4.78 is 0. The first kappa shape index (κ1) is 21.4. The lowest BCUT2D eigenvalue weighted by atomic mass is 9.96. The Hall–Kier alpha value is -4.18. The maximum Gasteiger partial charge on any atom is 0.0659 e. The van der Waals surface area contributed by atoms with Gasteiger partial charge in [0.1, 0.15) is 0 Å². The molecule has 172 valence electrons. The van der Waals surface area contributed by atoms with Gasteiger partial charge in [0.05, 0.1) is 22.8 Å². The molecule has 3 aromatic heterocycles. The summed E-state index contributed by atoms with van der Waals surface area (Å²) in [7, 11) is 0. The number of hydrogen-bond acceptors (Lipinski definition) is 2. The summed E-state index contributed by atoms with van der Waals surface area (Å²) in [5, 5.41) is 0. The minimum absolute atomic E-state index is 0.912. The summed E-state index contributed by atoms with van der Waals surface area (Å²) in [6.07, 6.45) is 13.0. The molecular formula is C31H28N4. The predicted molar refractivity (Wildman–Crippen MR) is 148 cm³/mol. The monoisotopic (exact) mass is 456 g/mol. The highest BCUT2D eigenvalue weighted by Gasteiger charge is 2.10. The maximum absolute atomic E-state index is 4.84. The molecule has 8 bridgehead atoms. The van der Waals surface area contributed by atoms with Gasteiger partial charge in [-0.15, -0.1) is 0 Å². The van der Waals surface area contributed by atoms with Gasteiger partial charge in [-0.2, -0.15) is 0 Å². The highest BCUT2D eigenvalue weighted by molar-refractivity contribution is 5.89. The summed E-state index contributed by atoms with van der Waals surface area (Å²) in [6.45, 7) is 2.25. The fourth-order valence-electron chi connectivity index (χ4n) is 4.81. The van der Waals surface area contributed by atoms with E-state index in [1.807, 2.05) is 24.3 Å². The van der Waals surface area contributed by atoms with E-state index < -0.39 is 0 Å². The van der Waals surface area contributed by atoms with E-state index in [1.54, 1.807) is 0 Å². The van der Waals surface area contributed by atoms with Crippen LogP contribution in [-0.4, -0.2) is 19.9 Å². The minimum Gasteiger partial charge on any atom is -0.355 e. The van der Waals surface area contributed by atoms with Gasteiger partial charge < -0.3 is 9.97 Å². The number of aromatic amines is 2. The molecule has 0 radical (unpaired) electrons. The first-order valence-electron chi connectivity index (χ1n) is 12.4. The molecule has 0 spiro atoms. The first-order valence-corrected chi connectivity index (χ1v) is 12.4. The molecule has 35 heavy (non-hydrogen) atoms. The van der Waals surface area contributed by atoms with Gasteiger partial charge >= 0.3 is 0 Å². The maximum atomic E-state index is 4.84. The number of aromatic nitrogens is 4. The summed E-state index contributed by atoms with van der Waals surface area (Å²) in [5.74, 6) is 0. The van der Waals surface area contributed by atoms with Crippen molar-refractivity contribution in [2.45, 2.75) is 32.6 Å². The van der Waals surface area contributed by atoms with E-state index >= 15 is 0 Å². The van der Waals surface area contributed by atoms with Crippen molar-refractivity contribution in [3.8, 4) is 11.1 Å². The minimum atomic E-state index is 0.912. The molecule has 0 saturated carbocycles. The van der Waals surface area contributed by atoms with Crippen molar-refractivity contribution in [3.63, 3.8) is 0 Å². The smallest absolute Gasteiger partial charge is 0.0659 e. The van der Waals surface area contributed by atoms with Crippen molar-refractivity contribution in [1.29, 1.82) is 0 Å². The second-order valence-electron chi connectivity index (χ2n) is 9.20. The zero-order valence-corrected chi connectivity index (χ0v) is 19.9. The SMILES string of the molecule is CCCCCc1ccccc1-c1cc2cc3ccc(cc4nc(cc5nc(cc1[nH]2)C=C5)C=C4)[nH]3. The van der Waals surface area contributed by atoms with Crippen molar-refractivity contribution in [2.75, 3.05) is 0 Å². The van der Waals surface area contributed by atoms with E-state index in [4.69, 9.17) is 9.97 Å². The summed E-state index contributed by atoms with van der Waals surface area (Å²) in [4.78, 5) is 16.7. The third-order valence-electron chi connectivity index (χ3n) is 6.53. The Bertz CT molecular complexity index is 1610. The van der Waals surface area contributed by atoms with Crippen LogP contribution < -0.4 is 0 Å². The molecule has 4 heteroatoms. The topological polar surface area (TPSA) is 57.4 Å². The number of aryl methyl sites for hydroxylation is 1. The van der Waals surface area contributed by atoms with Crippen molar-refractivity contribution in [3.05, 3.63) is 95.1 Å². The quantitative estimate of drug-likeness (QED) is 0.258. The zero-order chi connectivity index (χ0) is 23.6. The molecule has 4 nitrogen and oxygen atoms in total.